The van der Waals surface area contributed by atoms with Gasteiger partial charge < -0.3 is 5.32 Å². The van der Waals surface area contributed by atoms with Crippen molar-refractivity contribution in [3.05, 3.63) is 23.7 Å². The predicted octanol–water partition coefficient (Wildman–Crippen LogP) is 1.64. The Hall–Kier alpha value is -1.49. The fraction of sp³-hybridized carbons (Fsp3) is 0.583. The fourth-order valence-electron chi connectivity index (χ4n) is 2.36. The molecule has 1 unspecified atom stereocenters. The molecule has 1 saturated heterocycles. The van der Waals surface area contributed by atoms with Crippen molar-refractivity contribution >= 4 is 5.65 Å². The molecule has 1 atom stereocenters. The standard InChI is InChI=1S/C12H17N5/c1-9-6-7-11-14-15-12(17(11)16-9)10-5-3-2-4-8-13-10/h6-7,10,13H,2-5,8H2,1H3. The van der Waals surface area contributed by atoms with Crippen LogP contribution in [0.25, 0.3) is 5.65 Å². The van der Waals surface area contributed by atoms with Gasteiger partial charge in [-0.1, -0.05) is 12.8 Å². The molecule has 0 bridgehead atoms. The monoisotopic (exact) mass is 231 g/mol. The number of hydrogen-bond acceptors (Lipinski definition) is 4. The smallest absolute Gasteiger partial charge is 0.177 e. The summed E-state index contributed by atoms with van der Waals surface area (Å²) in [6, 6.07) is 4.23. The molecule has 0 aliphatic carbocycles. The molecule has 5 nitrogen and oxygen atoms in total. The van der Waals surface area contributed by atoms with Gasteiger partial charge >= 0.3 is 0 Å². The molecular formula is C12H17N5. The van der Waals surface area contributed by atoms with E-state index in [4.69, 9.17) is 0 Å². The van der Waals surface area contributed by atoms with Gasteiger partial charge in [0, 0.05) is 0 Å². The van der Waals surface area contributed by atoms with Crippen molar-refractivity contribution in [1.82, 2.24) is 25.1 Å². The number of hydrogen-bond donors (Lipinski definition) is 1. The lowest BCUT2D eigenvalue weighted by Crippen LogP contribution is -2.23. The normalized spacial score (nSPS) is 21.6. The van der Waals surface area contributed by atoms with Crippen molar-refractivity contribution in [1.29, 1.82) is 0 Å². The average Bonchev–Trinajstić information content (AvgIpc) is 2.58. The molecule has 0 radical (unpaired) electrons. The SMILES string of the molecule is Cc1ccc2nnc(C3CCCCCN3)n2n1. The van der Waals surface area contributed by atoms with E-state index >= 15 is 0 Å². The maximum Gasteiger partial charge on any atom is 0.177 e. The summed E-state index contributed by atoms with van der Waals surface area (Å²) in [5.41, 5.74) is 1.82. The summed E-state index contributed by atoms with van der Waals surface area (Å²) >= 11 is 0. The Bertz CT molecular complexity index is 511. The van der Waals surface area contributed by atoms with Gasteiger partial charge in [-0.15, -0.1) is 10.2 Å². The Morgan fingerprint density at radius 2 is 2.18 bits per heavy atom. The van der Waals surface area contributed by atoms with Crippen LogP contribution >= 0.6 is 0 Å². The van der Waals surface area contributed by atoms with Crippen LogP contribution in [0.4, 0.5) is 0 Å². The van der Waals surface area contributed by atoms with E-state index < -0.39 is 0 Å². The van der Waals surface area contributed by atoms with Crippen LogP contribution in [0.15, 0.2) is 12.1 Å². The summed E-state index contributed by atoms with van der Waals surface area (Å²) in [5.74, 6) is 0.950. The number of fused-ring (bicyclic) bond motifs is 1. The molecule has 3 rings (SSSR count). The molecular weight excluding hydrogens is 214 g/mol. The molecule has 1 aliphatic rings. The second-order valence-electron chi connectivity index (χ2n) is 4.66. The Morgan fingerprint density at radius 1 is 1.24 bits per heavy atom. The molecule has 1 N–H and O–H groups in total. The molecule has 2 aromatic rings. The third kappa shape index (κ3) is 2.02. The maximum atomic E-state index is 4.49. The number of aryl methyl sites for hydroxylation is 1. The number of aromatic nitrogens is 4. The summed E-state index contributed by atoms with van der Waals surface area (Å²) in [5, 5.41) is 16.5. The topological polar surface area (TPSA) is 55.1 Å². The summed E-state index contributed by atoms with van der Waals surface area (Å²) in [4.78, 5) is 0. The van der Waals surface area contributed by atoms with E-state index in [1.165, 1.54) is 19.3 Å². The fourth-order valence-corrected chi connectivity index (χ4v) is 2.36. The van der Waals surface area contributed by atoms with Crippen LogP contribution in [0.2, 0.25) is 0 Å². The van der Waals surface area contributed by atoms with Crippen LogP contribution in [0.5, 0.6) is 0 Å². The van der Waals surface area contributed by atoms with Gasteiger partial charge in [0.15, 0.2) is 11.5 Å². The van der Waals surface area contributed by atoms with E-state index in [-0.39, 0.29) is 0 Å². The molecule has 1 aliphatic heterocycles. The van der Waals surface area contributed by atoms with Crippen LogP contribution in [0.3, 0.4) is 0 Å². The average molecular weight is 231 g/mol. The van der Waals surface area contributed by atoms with Crippen LogP contribution in [0, 0.1) is 6.92 Å². The minimum absolute atomic E-state index is 0.293. The Morgan fingerprint density at radius 3 is 3.12 bits per heavy atom. The zero-order valence-corrected chi connectivity index (χ0v) is 10.1. The van der Waals surface area contributed by atoms with Gasteiger partial charge in [0.1, 0.15) is 0 Å². The lowest BCUT2D eigenvalue weighted by Gasteiger charge is -2.12. The van der Waals surface area contributed by atoms with Gasteiger partial charge in [-0.2, -0.15) is 9.61 Å². The Balaban J connectivity index is 2.00. The predicted molar refractivity (Wildman–Crippen MR) is 64.7 cm³/mol. The maximum absolute atomic E-state index is 4.49. The highest BCUT2D eigenvalue weighted by molar-refractivity contribution is 5.36. The number of nitrogens with zero attached hydrogens (tertiary/aromatic N) is 4. The van der Waals surface area contributed by atoms with Crippen LogP contribution in [-0.2, 0) is 0 Å². The minimum atomic E-state index is 0.293. The van der Waals surface area contributed by atoms with Crippen molar-refractivity contribution < 1.29 is 0 Å². The van der Waals surface area contributed by atoms with Crippen LogP contribution < -0.4 is 5.32 Å². The highest BCUT2D eigenvalue weighted by Crippen LogP contribution is 2.21. The van der Waals surface area contributed by atoms with Crippen molar-refractivity contribution in [3.63, 3.8) is 0 Å². The van der Waals surface area contributed by atoms with Crippen molar-refractivity contribution in [2.24, 2.45) is 0 Å². The largest absolute Gasteiger partial charge is 0.307 e. The van der Waals surface area contributed by atoms with Gasteiger partial charge in [0.2, 0.25) is 0 Å². The van der Waals surface area contributed by atoms with Gasteiger partial charge in [-0.3, -0.25) is 0 Å². The van der Waals surface area contributed by atoms with Gasteiger partial charge in [-0.25, -0.2) is 0 Å². The van der Waals surface area contributed by atoms with Gasteiger partial charge in [0.05, 0.1) is 11.7 Å². The van der Waals surface area contributed by atoms with E-state index in [1.54, 1.807) is 0 Å². The number of rotatable bonds is 1. The first-order valence-corrected chi connectivity index (χ1v) is 6.27. The van der Waals surface area contributed by atoms with E-state index in [0.29, 0.717) is 6.04 Å². The van der Waals surface area contributed by atoms with Gasteiger partial charge in [-0.05, 0) is 38.4 Å². The first-order chi connectivity index (χ1) is 8.34. The van der Waals surface area contributed by atoms with E-state index in [1.807, 2.05) is 23.6 Å². The lowest BCUT2D eigenvalue weighted by atomic mass is 10.1. The summed E-state index contributed by atoms with van der Waals surface area (Å²) in [7, 11) is 0. The highest BCUT2D eigenvalue weighted by atomic mass is 15.4. The van der Waals surface area contributed by atoms with E-state index in [2.05, 4.69) is 20.6 Å². The molecule has 17 heavy (non-hydrogen) atoms. The molecule has 0 amide bonds. The first-order valence-electron chi connectivity index (χ1n) is 6.27. The van der Waals surface area contributed by atoms with Gasteiger partial charge in [0.25, 0.3) is 0 Å². The van der Waals surface area contributed by atoms with Crippen molar-refractivity contribution in [2.75, 3.05) is 6.54 Å². The molecule has 1 fully saturated rings. The minimum Gasteiger partial charge on any atom is -0.307 e. The Kier molecular flexibility index (Phi) is 2.76. The summed E-state index contributed by atoms with van der Waals surface area (Å²) in [6.45, 7) is 3.05. The molecule has 0 spiro atoms. The van der Waals surface area contributed by atoms with Crippen molar-refractivity contribution in [2.45, 2.75) is 38.6 Å². The number of nitrogens with one attached hydrogen (secondary N) is 1. The lowest BCUT2D eigenvalue weighted by molar-refractivity contribution is 0.495. The summed E-state index contributed by atoms with van der Waals surface area (Å²) < 4.78 is 1.87. The molecule has 0 saturated carbocycles. The van der Waals surface area contributed by atoms with Crippen molar-refractivity contribution in [3.8, 4) is 0 Å². The molecule has 5 heteroatoms. The second kappa shape index (κ2) is 4.41. The quantitative estimate of drug-likeness (QED) is 0.810. The van der Waals surface area contributed by atoms with E-state index in [9.17, 15) is 0 Å². The summed E-state index contributed by atoms with van der Waals surface area (Å²) in [6.07, 6.45) is 4.92. The van der Waals surface area contributed by atoms with Crippen LogP contribution in [-0.4, -0.2) is 26.4 Å². The van der Waals surface area contributed by atoms with E-state index in [0.717, 1.165) is 30.1 Å². The molecule has 0 aromatic carbocycles. The van der Waals surface area contributed by atoms with Crippen LogP contribution in [0.1, 0.15) is 43.2 Å². The Labute approximate surface area is 100 Å². The second-order valence-corrected chi connectivity index (χ2v) is 4.66. The zero-order valence-electron chi connectivity index (χ0n) is 10.1. The molecule has 90 valence electrons. The first kappa shape index (κ1) is 10.7. The third-order valence-electron chi connectivity index (χ3n) is 3.29. The highest BCUT2D eigenvalue weighted by Gasteiger charge is 2.19. The third-order valence-corrected chi connectivity index (χ3v) is 3.29. The molecule has 3 heterocycles. The zero-order chi connectivity index (χ0) is 11.7. The molecule has 2 aromatic heterocycles.